The number of carbonyl (C=O) groups excluding carboxylic acids is 2. The summed E-state index contributed by atoms with van der Waals surface area (Å²) in [6.07, 6.45) is 0.534. The van der Waals surface area contributed by atoms with E-state index in [4.69, 9.17) is 5.21 Å². The highest BCUT2D eigenvalue weighted by atomic mass is 32.2. The predicted octanol–water partition coefficient (Wildman–Crippen LogP) is 1.67. The van der Waals surface area contributed by atoms with Crippen molar-refractivity contribution in [2.24, 2.45) is 0 Å². The molecule has 0 spiro atoms. The number of hydroxylamine groups is 1. The Morgan fingerprint density at radius 3 is 2.36 bits per heavy atom. The Labute approximate surface area is 131 Å². The second-order valence-electron chi connectivity index (χ2n) is 4.63. The number of rotatable bonds is 5. The van der Waals surface area contributed by atoms with Crippen LogP contribution in [0.25, 0.3) is 0 Å². The highest BCUT2D eigenvalue weighted by molar-refractivity contribution is 8.07. The minimum Gasteiger partial charge on any atom is -0.608 e. The lowest BCUT2D eigenvalue weighted by atomic mass is 10.0. The summed E-state index contributed by atoms with van der Waals surface area (Å²) in [4.78, 5) is 23.3. The van der Waals surface area contributed by atoms with Crippen LogP contribution in [0.15, 0.2) is 54.6 Å². The average Bonchev–Trinajstić information content (AvgIpc) is 2.55. The van der Waals surface area contributed by atoms with Gasteiger partial charge in [-0.3, -0.25) is 10.0 Å². The summed E-state index contributed by atoms with van der Waals surface area (Å²) in [7, 11) is 0. The quantitative estimate of drug-likeness (QED) is 0.499. The third kappa shape index (κ3) is 4.17. The summed E-state index contributed by atoms with van der Waals surface area (Å²) in [5.74, 6) is -1.41. The van der Waals surface area contributed by atoms with Gasteiger partial charge in [0.1, 0.15) is 0 Å². The highest BCUT2D eigenvalue weighted by Gasteiger charge is 2.26. The molecule has 0 aliphatic heterocycles. The van der Waals surface area contributed by atoms with Crippen molar-refractivity contribution in [2.45, 2.75) is 6.42 Å². The van der Waals surface area contributed by atoms with E-state index in [0.717, 1.165) is 11.1 Å². The monoisotopic (exact) mass is 317 g/mol. The fourth-order valence-corrected chi connectivity index (χ4v) is 2.91. The average molecular weight is 317 g/mol. The van der Waals surface area contributed by atoms with E-state index in [2.05, 4.69) is 0 Å². The molecule has 0 aliphatic carbocycles. The van der Waals surface area contributed by atoms with E-state index < -0.39 is 28.0 Å². The first kappa shape index (κ1) is 16.2. The Kier molecular flexibility index (Phi) is 5.71. The smallest absolute Gasteiger partial charge is 0.360 e. The lowest BCUT2D eigenvalue weighted by molar-refractivity contribution is -0.126. The van der Waals surface area contributed by atoms with Gasteiger partial charge in [0.25, 0.3) is 5.91 Å². The van der Waals surface area contributed by atoms with Gasteiger partial charge < -0.3 is 4.55 Å². The summed E-state index contributed by atoms with van der Waals surface area (Å²) in [5, 5.41) is 7.82. The molecule has 1 amide bonds. The maximum absolute atomic E-state index is 12.2. The third-order valence-corrected chi connectivity index (χ3v) is 4.23. The Morgan fingerprint density at radius 2 is 1.68 bits per heavy atom. The summed E-state index contributed by atoms with van der Waals surface area (Å²) < 4.78 is 11.9. The number of carbonyl (C=O) groups is 2. The molecule has 1 unspecified atom stereocenters. The minimum atomic E-state index is -2.02. The molecule has 0 aliphatic rings. The van der Waals surface area contributed by atoms with Crippen LogP contribution in [-0.2, 0) is 22.4 Å². The van der Waals surface area contributed by atoms with E-state index in [9.17, 15) is 14.1 Å². The van der Waals surface area contributed by atoms with Gasteiger partial charge in [-0.1, -0.05) is 48.5 Å². The van der Waals surface area contributed by atoms with Gasteiger partial charge in [0.05, 0.1) is 5.56 Å². The topological polar surface area (TPSA) is 89.5 Å². The van der Waals surface area contributed by atoms with Gasteiger partial charge in [0, 0.05) is 11.2 Å². The molecule has 0 saturated heterocycles. The van der Waals surface area contributed by atoms with E-state index in [0.29, 0.717) is 12.0 Å². The normalized spacial score (nSPS) is 11.7. The van der Waals surface area contributed by atoms with E-state index in [1.165, 1.54) is 5.48 Å². The van der Waals surface area contributed by atoms with Crippen LogP contribution in [0.1, 0.15) is 21.5 Å². The van der Waals surface area contributed by atoms with Crippen molar-refractivity contribution in [3.8, 4) is 0 Å². The minimum absolute atomic E-state index is 0.329. The van der Waals surface area contributed by atoms with Crippen molar-refractivity contribution in [2.75, 3.05) is 5.75 Å². The van der Waals surface area contributed by atoms with Crippen LogP contribution in [0.3, 0.4) is 0 Å². The van der Waals surface area contributed by atoms with Crippen LogP contribution in [0.4, 0.5) is 0 Å². The first-order valence-corrected chi connectivity index (χ1v) is 7.91. The second-order valence-corrected chi connectivity index (χ2v) is 5.98. The fourth-order valence-electron chi connectivity index (χ4n) is 2.03. The summed E-state index contributed by atoms with van der Waals surface area (Å²) in [6.45, 7) is 0. The second kappa shape index (κ2) is 7.74. The van der Waals surface area contributed by atoms with Gasteiger partial charge in [0.2, 0.25) is 0 Å². The molecule has 114 valence electrons. The lowest BCUT2D eigenvalue weighted by Crippen LogP contribution is -2.31. The molecule has 6 heteroatoms. The molecule has 0 aromatic heterocycles. The van der Waals surface area contributed by atoms with Crippen molar-refractivity contribution < 1.29 is 19.3 Å². The molecule has 0 fully saturated rings. The Balaban J connectivity index is 2.20. The van der Waals surface area contributed by atoms with Crippen LogP contribution in [-0.4, -0.2) is 26.5 Å². The van der Waals surface area contributed by atoms with E-state index in [1.54, 1.807) is 24.3 Å². The van der Waals surface area contributed by atoms with Crippen LogP contribution in [0.5, 0.6) is 0 Å². The van der Waals surface area contributed by atoms with Crippen molar-refractivity contribution in [3.63, 3.8) is 0 Å². The van der Waals surface area contributed by atoms with Crippen LogP contribution < -0.4 is 5.48 Å². The molecule has 5 nitrogen and oxygen atoms in total. The molecule has 2 N–H and O–H groups in total. The van der Waals surface area contributed by atoms with Gasteiger partial charge >= 0.3 is 5.12 Å². The fraction of sp³-hybridized carbons (Fsp3) is 0.125. The first-order valence-electron chi connectivity index (χ1n) is 6.59. The first-order chi connectivity index (χ1) is 10.6. The zero-order chi connectivity index (χ0) is 15.9. The van der Waals surface area contributed by atoms with Crippen molar-refractivity contribution in [1.29, 1.82) is 0 Å². The SMILES string of the molecule is O=C(C[S+]([O-])C(=O)c1ccccc1Cc1ccccc1)NO. The van der Waals surface area contributed by atoms with Crippen LogP contribution >= 0.6 is 0 Å². The zero-order valence-corrected chi connectivity index (χ0v) is 12.5. The van der Waals surface area contributed by atoms with Gasteiger partial charge in [-0.05, 0) is 23.6 Å². The summed E-state index contributed by atoms with van der Waals surface area (Å²) in [5.41, 5.74) is 3.48. The third-order valence-electron chi connectivity index (χ3n) is 3.07. The molecule has 2 aromatic carbocycles. The van der Waals surface area contributed by atoms with Gasteiger partial charge in [-0.15, -0.1) is 0 Å². The van der Waals surface area contributed by atoms with Crippen LogP contribution in [0.2, 0.25) is 0 Å². The molecule has 0 saturated carbocycles. The van der Waals surface area contributed by atoms with Crippen molar-refractivity contribution in [1.82, 2.24) is 5.48 Å². The van der Waals surface area contributed by atoms with Gasteiger partial charge in [-0.25, -0.2) is 10.3 Å². The number of benzene rings is 2. The van der Waals surface area contributed by atoms with Crippen LogP contribution in [0, 0.1) is 0 Å². The standard InChI is InChI=1S/C16H15NO4S/c18-15(17-20)11-22(21)16(19)14-9-5-4-8-13(14)10-12-6-2-1-3-7-12/h1-9,20H,10-11H2,(H,17,18). The van der Waals surface area contributed by atoms with E-state index in [-0.39, 0.29) is 0 Å². The van der Waals surface area contributed by atoms with Gasteiger partial charge in [0.15, 0.2) is 5.75 Å². The molecule has 0 bridgehead atoms. The zero-order valence-electron chi connectivity index (χ0n) is 11.7. The number of hydrogen-bond donors (Lipinski definition) is 2. The molecular formula is C16H15NO4S. The molecule has 22 heavy (non-hydrogen) atoms. The largest absolute Gasteiger partial charge is 0.608 e. The summed E-state index contributed by atoms with van der Waals surface area (Å²) in [6, 6.07) is 16.5. The van der Waals surface area contributed by atoms with Gasteiger partial charge in [-0.2, -0.15) is 0 Å². The molecule has 2 aromatic rings. The van der Waals surface area contributed by atoms with E-state index in [1.807, 2.05) is 30.3 Å². The molecule has 0 radical (unpaired) electrons. The highest BCUT2D eigenvalue weighted by Crippen LogP contribution is 2.17. The summed E-state index contributed by atoms with van der Waals surface area (Å²) >= 11 is -2.02. The Bertz CT molecular complexity index is 660. The molecule has 0 heterocycles. The molecular weight excluding hydrogens is 302 g/mol. The van der Waals surface area contributed by atoms with E-state index >= 15 is 0 Å². The number of hydrogen-bond acceptors (Lipinski definition) is 4. The number of nitrogens with one attached hydrogen (secondary N) is 1. The Hall–Kier alpha value is -2.15. The lowest BCUT2D eigenvalue weighted by Gasteiger charge is -2.11. The number of amides is 1. The van der Waals surface area contributed by atoms with Crippen molar-refractivity contribution >= 4 is 22.2 Å². The maximum Gasteiger partial charge on any atom is 0.360 e. The maximum atomic E-state index is 12.2. The molecule has 1 atom stereocenters. The predicted molar refractivity (Wildman–Crippen MR) is 83.0 cm³/mol. The van der Waals surface area contributed by atoms with Crippen molar-refractivity contribution in [3.05, 3.63) is 71.3 Å². The Morgan fingerprint density at radius 1 is 1.05 bits per heavy atom. The molecule has 2 rings (SSSR count).